The van der Waals surface area contributed by atoms with Crippen LogP contribution in [0.25, 0.3) is 5.69 Å². The topological polar surface area (TPSA) is 108 Å². The number of carbonyl (C=O) groups excluding carboxylic acids is 1. The highest BCUT2D eigenvalue weighted by atomic mass is 16.5. The molecule has 2 aromatic carbocycles. The van der Waals surface area contributed by atoms with E-state index in [2.05, 4.69) is 26.0 Å². The van der Waals surface area contributed by atoms with Crippen LogP contribution in [-0.4, -0.2) is 31.3 Å². The third-order valence-electron chi connectivity index (χ3n) is 4.93. The zero-order valence-electron chi connectivity index (χ0n) is 17.5. The third kappa shape index (κ3) is 4.77. The number of hydrogen-bond donors (Lipinski definition) is 1. The first kappa shape index (κ1) is 20.3. The molecule has 9 heteroatoms. The highest BCUT2D eigenvalue weighted by molar-refractivity contribution is 5.92. The molecule has 1 amide bonds. The van der Waals surface area contributed by atoms with Crippen molar-refractivity contribution in [3.05, 3.63) is 76.9 Å². The Bertz CT molecular complexity index is 1160. The molecule has 0 atom stereocenters. The van der Waals surface area contributed by atoms with Crippen molar-refractivity contribution < 1.29 is 14.1 Å². The number of hydrogen-bond acceptors (Lipinski definition) is 7. The summed E-state index contributed by atoms with van der Waals surface area (Å²) in [7, 11) is 0. The van der Waals surface area contributed by atoms with E-state index in [1.54, 1.807) is 4.68 Å². The van der Waals surface area contributed by atoms with E-state index < -0.39 is 0 Å². The number of aryl methyl sites for hydroxylation is 3. The Hall–Kier alpha value is -4.01. The summed E-state index contributed by atoms with van der Waals surface area (Å²) < 4.78 is 12.5. The fourth-order valence-corrected chi connectivity index (χ4v) is 3.22. The molecule has 4 rings (SSSR count). The Labute approximate surface area is 179 Å². The minimum absolute atomic E-state index is 0.0982. The normalized spacial score (nSPS) is 10.8. The van der Waals surface area contributed by atoms with Crippen molar-refractivity contribution in [2.24, 2.45) is 0 Å². The van der Waals surface area contributed by atoms with E-state index in [1.165, 1.54) is 6.33 Å². The van der Waals surface area contributed by atoms with Crippen molar-refractivity contribution in [2.45, 2.75) is 33.8 Å². The number of nitrogens with one attached hydrogen (secondary N) is 1. The van der Waals surface area contributed by atoms with Gasteiger partial charge in [0.05, 0.1) is 23.4 Å². The molecule has 4 aromatic rings. The molecule has 2 heterocycles. The summed E-state index contributed by atoms with van der Waals surface area (Å²) >= 11 is 0. The van der Waals surface area contributed by atoms with Gasteiger partial charge < -0.3 is 14.6 Å². The van der Waals surface area contributed by atoms with Crippen LogP contribution in [0.15, 0.2) is 53.3 Å². The van der Waals surface area contributed by atoms with Crippen molar-refractivity contribution in [1.82, 2.24) is 25.4 Å². The van der Waals surface area contributed by atoms with Crippen molar-refractivity contribution in [1.29, 1.82) is 0 Å². The van der Waals surface area contributed by atoms with Gasteiger partial charge in [-0.05, 0) is 72.7 Å². The van der Waals surface area contributed by atoms with Gasteiger partial charge in [-0.3, -0.25) is 4.79 Å². The molecular weight excluding hydrogens is 396 g/mol. The van der Waals surface area contributed by atoms with Crippen LogP contribution in [0.2, 0.25) is 0 Å². The molecule has 2 aromatic heterocycles. The summed E-state index contributed by atoms with van der Waals surface area (Å²) in [5.74, 6) is 1.38. The molecule has 0 radical (unpaired) electrons. The number of nitrogens with zero attached hydrogens (tertiary/aromatic N) is 5. The van der Waals surface area contributed by atoms with E-state index in [-0.39, 0.29) is 12.3 Å². The van der Waals surface area contributed by atoms with Gasteiger partial charge in [0.1, 0.15) is 24.4 Å². The standard InChI is InChI=1S/C22H22N6O3/c1-14-10-18(6-9-21(14)28-13-23-26-27-28)24-22(29)11-17-4-7-19(8-5-17)30-12-20-15(2)25-31-16(20)3/h4-10,13H,11-12H2,1-3H3,(H,24,29). The van der Waals surface area contributed by atoms with E-state index in [0.29, 0.717) is 6.61 Å². The molecule has 0 aliphatic rings. The van der Waals surface area contributed by atoms with E-state index in [0.717, 1.165) is 45.3 Å². The number of aromatic nitrogens is 5. The van der Waals surface area contributed by atoms with Gasteiger partial charge in [0.15, 0.2) is 0 Å². The second-order valence-electron chi connectivity index (χ2n) is 7.22. The molecule has 158 valence electrons. The monoisotopic (exact) mass is 418 g/mol. The molecule has 9 nitrogen and oxygen atoms in total. The summed E-state index contributed by atoms with van der Waals surface area (Å²) in [6.07, 6.45) is 1.79. The van der Waals surface area contributed by atoms with Gasteiger partial charge in [0, 0.05) is 5.69 Å². The molecule has 1 N–H and O–H groups in total. The van der Waals surface area contributed by atoms with Crippen LogP contribution < -0.4 is 10.1 Å². The maximum absolute atomic E-state index is 12.5. The lowest BCUT2D eigenvalue weighted by molar-refractivity contribution is -0.115. The lowest BCUT2D eigenvalue weighted by Crippen LogP contribution is -2.14. The van der Waals surface area contributed by atoms with Crippen LogP contribution in [0.4, 0.5) is 5.69 Å². The predicted molar refractivity (Wildman–Crippen MR) is 113 cm³/mol. The first-order valence-corrected chi connectivity index (χ1v) is 9.77. The van der Waals surface area contributed by atoms with E-state index >= 15 is 0 Å². The number of amides is 1. The van der Waals surface area contributed by atoms with Gasteiger partial charge in [-0.25, -0.2) is 4.68 Å². The SMILES string of the molecule is Cc1cc(NC(=O)Cc2ccc(OCc3c(C)noc3C)cc2)ccc1-n1cnnn1. The Morgan fingerprint density at radius 1 is 1.13 bits per heavy atom. The molecule has 0 saturated carbocycles. The molecule has 31 heavy (non-hydrogen) atoms. The van der Waals surface area contributed by atoms with Gasteiger partial charge in [-0.1, -0.05) is 17.3 Å². The van der Waals surface area contributed by atoms with Gasteiger partial charge in [0.2, 0.25) is 5.91 Å². The predicted octanol–water partition coefficient (Wildman–Crippen LogP) is 3.34. The van der Waals surface area contributed by atoms with E-state index in [9.17, 15) is 4.79 Å². The van der Waals surface area contributed by atoms with Crippen LogP contribution in [0, 0.1) is 20.8 Å². The van der Waals surface area contributed by atoms with Gasteiger partial charge >= 0.3 is 0 Å². The van der Waals surface area contributed by atoms with Gasteiger partial charge in [-0.15, -0.1) is 5.10 Å². The molecular formula is C22H22N6O3. The van der Waals surface area contributed by atoms with E-state index in [4.69, 9.17) is 9.26 Å². The molecule has 0 bridgehead atoms. The number of anilines is 1. The third-order valence-corrected chi connectivity index (χ3v) is 4.93. The first-order valence-electron chi connectivity index (χ1n) is 9.77. The Kier molecular flexibility index (Phi) is 5.74. The largest absolute Gasteiger partial charge is 0.489 e. The Balaban J connectivity index is 1.33. The fraction of sp³-hybridized carbons (Fsp3) is 0.227. The van der Waals surface area contributed by atoms with Crippen LogP contribution in [0.3, 0.4) is 0 Å². The molecule has 0 spiro atoms. The lowest BCUT2D eigenvalue weighted by Gasteiger charge is -2.10. The summed E-state index contributed by atoms with van der Waals surface area (Å²) in [5.41, 5.74) is 5.19. The first-order chi connectivity index (χ1) is 15.0. The highest BCUT2D eigenvalue weighted by Crippen LogP contribution is 2.20. The number of rotatable bonds is 7. The van der Waals surface area contributed by atoms with Crippen LogP contribution in [0.1, 0.15) is 28.1 Å². The molecule has 0 aliphatic heterocycles. The van der Waals surface area contributed by atoms with Crippen molar-refractivity contribution >= 4 is 11.6 Å². The Morgan fingerprint density at radius 2 is 1.94 bits per heavy atom. The smallest absolute Gasteiger partial charge is 0.228 e. The van der Waals surface area contributed by atoms with Gasteiger partial charge in [0.25, 0.3) is 0 Å². The van der Waals surface area contributed by atoms with Gasteiger partial charge in [-0.2, -0.15) is 0 Å². The van der Waals surface area contributed by atoms with Crippen molar-refractivity contribution in [3.63, 3.8) is 0 Å². The summed E-state index contributed by atoms with van der Waals surface area (Å²) in [6.45, 7) is 6.08. The minimum Gasteiger partial charge on any atom is -0.489 e. The molecule has 0 saturated heterocycles. The van der Waals surface area contributed by atoms with E-state index in [1.807, 2.05) is 63.2 Å². The average molecular weight is 418 g/mol. The van der Waals surface area contributed by atoms with Crippen LogP contribution in [0.5, 0.6) is 5.75 Å². The number of carbonyl (C=O) groups is 1. The second kappa shape index (κ2) is 8.78. The van der Waals surface area contributed by atoms with Crippen molar-refractivity contribution in [2.75, 3.05) is 5.32 Å². The summed E-state index contributed by atoms with van der Waals surface area (Å²) in [6, 6.07) is 13.1. The fourth-order valence-electron chi connectivity index (χ4n) is 3.22. The zero-order valence-corrected chi connectivity index (χ0v) is 17.5. The average Bonchev–Trinajstić information content (AvgIpc) is 3.38. The molecule has 0 fully saturated rings. The summed E-state index contributed by atoms with van der Waals surface area (Å²) in [4.78, 5) is 12.5. The number of tetrazole rings is 1. The molecule has 0 unspecified atom stereocenters. The Morgan fingerprint density at radius 3 is 2.58 bits per heavy atom. The summed E-state index contributed by atoms with van der Waals surface area (Å²) in [5, 5.41) is 18.0. The van der Waals surface area contributed by atoms with Crippen LogP contribution >= 0.6 is 0 Å². The maximum Gasteiger partial charge on any atom is 0.228 e. The van der Waals surface area contributed by atoms with Crippen LogP contribution in [-0.2, 0) is 17.8 Å². The zero-order chi connectivity index (χ0) is 21.8. The van der Waals surface area contributed by atoms with Crippen molar-refractivity contribution in [3.8, 4) is 11.4 Å². The lowest BCUT2D eigenvalue weighted by atomic mass is 10.1. The maximum atomic E-state index is 12.5. The minimum atomic E-state index is -0.0982. The molecule has 0 aliphatic carbocycles. The highest BCUT2D eigenvalue weighted by Gasteiger charge is 2.10. The second-order valence-corrected chi connectivity index (χ2v) is 7.22. The number of benzene rings is 2. The number of ether oxygens (including phenoxy) is 1. The quantitative estimate of drug-likeness (QED) is 0.490.